The molecule has 0 spiro atoms. The highest BCUT2D eigenvalue weighted by atomic mass is 19.1. The molecule has 3 rings (SSSR count). The summed E-state index contributed by atoms with van der Waals surface area (Å²) in [5.41, 5.74) is 0.318. The maximum Gasteiger partial charge on any atom is 0.251 e. The minimum absolute atomic E-state index is 0.129. The van der Waals surface area contributed by atoms with Crippen molar-refractivity contribution < 1.29 is 23.8 Å². The molecule has 0 saturated carbocycles. The van der Waals surface area contributed by atoms with E-state index in [1.165, 1.54) is 31.2 Å². The van der Waals surface area contributed by atoms with Crippen LogP contribution >= 0.6 is 0 Å². The van der Waals surface area contributed by atoms with Crippen LogP contribution in [0.1, 0.15) is 53.1 Å². The lowest BCUT2D eigenvalue weighted by Gasteiger charge is -2.42. The van der Waals surface area contributed by atoms with Crippen LogP contribution in [0.3, 0.4) is 0 Å². The number of carbonyl (C=O) groups excluding carboxylic acids is 2. The standard InChI is InChI=1S/C20H20FNO4/c1-11(23)13-6-9-16-15(10-13)17(18(24)20(2,3)26-16)22-19(25)12-4-7-14(21)8-5-12/h4-10,17-18,24H,1-3H3,(H,22,25)/t17?,18-/m0/s1. The van der Waals surface area contributed by atoms with Gasteiger partial charge in [-0.1, -0.05) is 0 Å². The second-order valence-corrected chi connectivity index (χ2v) is 6.92. The molecule has 1 amide bonds. The Morgan fingerprint density at radius 2 is 1.73 bits per heavy atom. The van der Waals surface area contributed by atoms with Crippen molar-refractivity contribution in [3.63, 3.8) is 0 Å². The molecule has 0 saturated heterocycles. The van der Waals surface area contributed by atoms with Crippen molar-refractivity contribution in [3.8, 4) is 5.75 Å². The van der Waals surface area contributed by atoms with Crippen molar-refractivity contribution in [2.75, 3.05) is 0 Å². The first-order valence-electron chi connectivity index (χ1n) is 8.27. The van der Waals surface area contributed by atoms with Gasteiger partial charge in [-0.05, 0) is 63.2 Å². The summed E-state index contributed by atoms with van der Waals surface area (Å²) >= 11 is 0. The van der Waals surface area contributed by atoms with Crippen LogP contribution in [0.2, 0.25) is 0 Å². The monoisotopic (exact) mass is 357 g/mol. The number of hydrogen-bond donors (Lipinski definition) is 2. The van der Waals surface area contributed by atoms with Gasteiger partial charge in [-0.2, -0.15) is 0 Å². The first kappa shape index (κ1) is 18.1. The lowest BCUT2D eigenvalue weighted by Crippen LogP contribution is -2.53. The average molecular weight is 357 g/mol. The molecule has 0 radical (unpaired) electrons. The Labute approximate surface area is 150 Å². The zero-order chi connectivity index (χ0) is 19.1. The van der Waals surface area contributed by atoms with Gasteiger partial charge in [0.25, 0.3) is 5.91 Å². The molecule has 5 nitrogen and oxygen atoms in total. The number of nitrogens with one attached hydrogen (secondary N) is 1. The van der Waals surface area contributed by atoms with Crippen LogP contribution in [0.25, 0.3) is 0 Å². The van der Waals surface area contributed by atoms with Gasteiger partial charge in [-0.25, -0.2) is 4.39 Å². The molecule has 2 atom stereocenters. The zero-order valence-corrected chi connectivity index (χ0v) is 14.7. The van der Waals surface area contributed by atoms with Crippen LogP contribution in [0, 0.1) is 5.82 Å². The summed E-state index contributed by atoms with van der Waals surface area (Å²) in [6.45, 7) is 4.88. The molecule has 1 heterocycles. The molecule has 1 unspecified atom stereocenters. The summed E-state index contributed by atoms with van der Waals surface area (Å²) in [4.78, 5) is 24.3. The Bertz CT molecular complexity index is 861. The second-order valence-electron chi connectivity index (χ2n) is 6.92. The molecule has 0 aromatic heterocycles. The fourth-order valence-corrected chi connectivity index (χ4v) is 3.00. The fraction of sp³-hybridized carbons (Fsp3) is 0.300. The summed E-state index contributed by atoms with van der Waals surface area (Å²) in [5.74, 6) is -0.526. The molecule has 1 aliphatic heterocycles. The highest BCUT2D eigenvalue weighted by Gasteiger charge is 2.43. The summed E-state index contributed by atoms with van der Waals surface area (Å²) in [6, 6.07) is 9.28. The van der Waals surface area contributed by atoms with Crippen LogP contribution in [0.15, 0.2) is 42.5 Å². The van der Waals surface area contributed by atoms with Gasteiger partial charge < -0.3 is 15.2 Å². The third-order valence-electron chi connectivity index (χ3n) is 4.55. The van der Waals surface area contributed by atoms with E-state index >= 15 is 0 Å². The number of ether oxygens (including phenoxy) is 1. The van der Waals surface area contributed by atoms with Gasteiger partial charge in [0.1, 0.15) is 23.3 Å². The van der Waals surface area contributed by atoms with Crippen molar-refractivity contribution in [2.45, 2.75) is 38.5 Å². The smallest absolute Gasteiger partial charge is 0.251 e. The van der Waals surface area contributed by atoms with Gasteiger partial charge in [0.05, 0.1) is 6.04 Å². The Morgan fingerprint density at radius 1 is 1.12 bits per heavy atom. The molecule has 136 valence electrons. The highest BCUT2D eigenvalue weighted by molar-refractivity contribution is 5.95. The Balaban J connectivity index is 1.99. The van der Waals surface area contributed by atoms with E-state index in [0.29, 0.717) is 16.9 Å². The summed E-state index contributed by atoms with van der Waals surface area (Å²) in [7, 11) is 0. The van der Waals surface area contributed by atoms with Crippen LogP contribution in [-0.2, 0) is 0 Å². The topological polar surface area (TPSA) is 75.6 Å². The number of hydrogen-bond acceptors (Lipinski definition) is 4. The van der Waals surface area contributed by atoms with E-state index in [9.17, 15) is 19.1 Å². The lowest BCUT2D eigenvalue weighted by atomic mass is 9.85. The second kappa shape index (κ2) is 6.53. The number of rotatable bonds is 3. The molecule has 2 aromatic carbocycles. The first-order chi connectivity index (χ1) is 12.2. The SMILES string of the molecule is CC(=O)c1ccc2c(c1)C(NC(=O)c1ccc(F)cc1)[C@H](O)C(C)(C)O2. The lowest BCUT2D eigenvalue weighted by molar-refractivity contribution is -0.0627. The van der Waals surface area contributed by atoms with Crippen molar-refractivity contribution >= 4 is 11.7 Å². The molecular formula is C20H20FNO4. The number of amides is 1. The predicted molar refractivity (Wildman–Crippen MR) is 93.8 cm³/mol. The number of ketones is 1. The van der Waals surface area contributed by atoms with Crippen molar-refractivity contribution in [1.82, 2.24) is 5.32 Å². The van der Waals surface area contributed by atoms with Crippen molar-refractivity contribution in [3.05, 3.63) is 65.0 Å². The third kappa shape index (κ3) is 3.32. The van der Waals surface area contributed by atoms with Gasteiger partial charge in [-0.15, -0.1) is 0 Å². The van der Waals surface area contributed by atoms with Crippen LogP contribution in [0.5, 0.6) is 5.75 Å². The molecule has 0 aliphatic carbocycles. The Hall–Kier alpha value is -2.73. The number of halogens is 1. The minimum Gasteiger partial charge on any atom is -0.485 e. The third-order valence-corrected chi connectivity index (χ3v) is 4.55. The van der Waals surface area contributed by atoms with E-state index < -0.39 is 29.5 Å². The van der Waals surface area contributed by atoms with E-state index in [-0.39, 0.29) is 11.3 Å². The number of fused-ring (bicyclic) bond motifs is 1. The van der Waals surface area contributed by atoms with Crippen LogP contribution in [-0.4, -0.2) is 28.5 Å². The summed E-state index contributed by atoms with van der Waals surface area (Å²) in [6.07, 6.45) is -1.04. The van der Waals surface area contributed by atoms with Gasteiger partial charge in [-0.3, -0.25) is 9.59 Å². The normalized spacial score (nSPS) is 20.7. The Morgan fingerprint density at radius 3 is 2.35 bits per heavy atom. The molecule has 1 aliphatic rings. The van der Waals surface area contributed by atoms with Gasteiger partial charge >= 0.3 is 0 Å². The predicted octanol–water partition coefficient (Wildman–Crippen LogP) is 3.03. The van der Waals surface area contributed by atoms with Gasteiger partial charge in [0.2, 0.25) is 0 Å². The van der Waals surface area contributed by atoms with Gasteiger partial charge in [0, 0.05) is 16.7 Å². The Kier molecular flexibility index (Phi) is 4.54. The zero-order valence-electron chi connectivity index (χ0n) is 14.7. The maximum absolute atomic E-state index is 13.1. The average Bonchev–Trinajstić information content (AvgIpc) is 2.58. The maximum atomic E-state index is 13.1. The molecule has 2 aromatic rings. The van der Waals surface area contributed by atoms with E-state index in [1.54, 1.807) is 32.0 Å². The van der Waals surface area contributed by atoms with Crippen molar-refractivity contribution in [1.29, 1.82) is 0 Å². The van der Waals surface area contributed by atoms with E-state index in [2.05, 4.69) is 5.32 Å². The van der Waals surface area contributed by atoms with E-state index in [1.807, 2.05) is 0 Å². The number of aliphatic hydroxyl groups is 1. The van der Waals surface area contributed by atoms with E-state index in [0.717, 1.165) is 0 Å². The number of Topliss-reactive ketones (excluding diaryl/α,β-unsaturated/α-hetero) is 1. The number of aliphatic hydroxyl groups excluding tert-OH is 1. The molecule has 26 heavy (non-hydrogen) atoms. The quantitative estimate of drug-likeness (QED) is 0.828. The highest BCUT2D eigenvalue weighted by Crippen LogP contribution is 2.40. The first-order valence-corrected chi connectivity index (χ1v) is 8.27. The summed E-state index contributed by atoms with van der Waals surface area (Å²) in [5, 5.41) is 13.5. The van der Waals surface area contributed by atoms with Gasteiger partial charge in [0.15, 0.2) is 5.78 Å². The van der Waals surface area contributed by atoms with E-state index in [4.69, 9.17) is 4.74 Å². The summed E-state index contributed by atoms with van der Waals surface area (Å²) < 4.78 is 18.9. The van der Waals surface area contributed by atoms with Crippen LogP contribution < -0.4 is 10.1 Å². The van der Waals surface area contributed by atoms with Crippen molar-refractivity contribution in [2.24, 2.45) is 0 Å². The number of carbonyl (C=O) groups is 2. The largest absolute Gasteiger partial charge is 0.485 e. The van der Waals surface area contributed by atoms with Crippen LogP contribution in [0.4, 0.5) is 4.39 Å². The molecule has 0 bridgehead atoms. The minimum atomic E-state index is -1.04. The number of benzene rings is 2. The molecule has 6 heteroatoms. The molecular weight excluding hydrogens is 337 g/mol. The molecule has 2 N–H and O–H groups in total. The fourth-order valence-electron chi connectivity index (χ4n) is 3.00. The molecule has 0 fully saturated rings.